The lowest BCUT2D eigenvalue weighted by Gasteiger charge is -2.34. The van der Waals surface area contributed by atoms with E-state index in [9.17, 15) is 0 Å². The zero-order valence-electron chi connectivity index (χ0n) is 25.8. The van der Waals surface area contributed by atoms with Gasteiger partial charge in [-0.3, -0.25) is 0 Å². The van der Waals surface area contributed by atoms with Crippen molar-refractivity contribution in [2.75, 3.05) is 0 Å². The normalized spacial score (nSPS) is 11.4. The molecule has 4 nitrogen and oxygen atoms in total. The second-order valence-corrected chi connectivity index (χ2v) is 17.1. The third-order valence-corrected chi connectivity index (χ3v) is 14.5. The molecule has 0 bridgehead atoms. The van der Waals surface area contributed by atoms with Crippen molar-refractivity contribution < 1.29 is 17.7 Å². The van der Waals surface area contributed by atoms with Gasteiger partial charge in [0, 0.05) is 22.5 Å². The smallest absolute Gasteiger partial charge is 0.495 e. The average molecular weight is 639 g/mol. The van der Waals surface area contributed by atoms with Gasteiger partial charge in [-0.2, -0.15) is 0 Å². The Balaban J connectivity index is 1.33. The van der Waals surface area contributed by atoms with Crippen LogP contribution in [0.4, 0.5) is 0 Å². The van der Waals surface area contributed by atoms with Gasteiger partial charge in [-0.25, -0.2) is 0 Å². The minimum Gasteiger partial charge on any atom is -0.509 e. The number of para-hydroxylation sites is 4. The summed E-state index contributed by atoms with van der Waals surface area (Å²) in [6.45, 7) is 0. The molecule has 6 aromatic carbocycles. The van der Waals surface area contributed by atoms with E-state index in [1.165, 1.54) is 0 Å². The Hall–Kier alpha value is -5.05. The van der Waals surface area contributed by atoms with Gasteiger partial charge in [0.2, 0.25) is 0 Å². The predicted molar refractivity (Wildman–Crippen MR) is 191 cm³/mol. The van der Waals surface area contributed by atoms with Crippen molar-refractivity contribution in [3.8, 4) is 23.0 Å². The SMILES string of the molecule is c1ccc(O[Si](CCCC[Si](Oc2ccccc2)(Oc2ccccc2)c2ccccc2)(Oc2ccccc2)c2ccccc2)cc1. The van der Waals surface area contributed by atoms with Crippen LogP contribution in [0.1, 0.15) is 12.8 Å². The lowest BCUT2D eigenvalue weighted by molar-refractivity contribution is 0.386. The summed E-state index contributed by atoms with van der Waals surface area (Å²) >= 11 is 0. The first-order chi connectivity index (χ1) is 22.7. The molecule has 0 aliphatic carbocycles. The highest BCUT2D eigenvalue weighted by molar-refractivity contribution is 6.83. The minimum absolute atomic E-state index is 0.747. The molecule has 0 heterocycles. The standard InChI is InChI=1S/C40H38O4Si2/c1-7-21-35(22-8-1)41-45(39-29-15-5-16-30-39,42-36-23-9-2-10-24-36)33-19-20-34-46(40-31-17-6-18-32-40,43-37-25-11-3-12-26-37)44-38-27-13-4-14-28-38/h1-18,21-32H,19-20,33-34H2. The maximum absolute atomic E-state index is 6.97. The molecule has 6 heteroatoms. The van der Waals surface area contributed by atoms with E-state index >= 15 is 0 Å². The third-order valence-electron chi connectivity index (χ3n) is 7.79. The summed E-state index contributed by atoms with van der Waals surface area (Å²) in [7, 11) is -6.09. The van der Waals surface area contributed by atoms with Crippen LogP contribution in [0.2, 0.25) is 12.1 Å². The Morgan fingerprint density at radius 3 is 0.739 bits per heavy atom. The molecule has 0 aromatic heterocycles. The molecular formula is C40H38O4Si2. The minimum atomic E-state index is -3.04. The second kappa shape index (κ2) is 15.3. The summed E-state index contributed by atoms with van der Waals surface area (Å²) in [4.78, 5) is 0. The van der Waals surface area contributed by atoms with E-state index in [1.54, 1.807) is 0 Å². The second-order valence-electron chi connectivity index (χ2n) is 11.1. The van der Waals surface area contributed by atoms with Gasteiger partial charge < -0.3 is 17.7 Å². The van der Waals surface area contributed by atoms with Gasteiger partial charge >= 0.3 is 17.1 Å². The van der Waals surface area contributed by atoms with Gasteiger partial charge in [0.15, 0.2) is 0 Å². The number of hydrogen-bond acceptors (Lipinski definition) is 4. The van der Waals surface area contributed by atoms with Gasteiger partial charge in [0.05, 0.1) is 0 Å². The number of rotatable bonds is 15. The monoisotopic (exact) mass is 638 g/mol. The van der Waals surface area contributed by atoms with Crippen LogP contribution < -0.4 is 28.1 Å². The van der Waals surface area contributed by atoms with Crippen LogP contribution >= 0.6 is 0 Å². The van der Waals surface area contributed by atoms with Gasteiger partial charge in [0.1, 0.15) is 23.0 Å². The van der Waals surface area contributed by atoms with E-state index < -0.39 is 17.1 Å². The molecule has 0 radical (unpaired) electrons. The lowest BCUT2D eigenvalue weighted by atomic mass is 10.3. The van der Waals surface area contributed by atoms with Crippen LogP contribution in [0.15, 0.2) is 182 Å². The van der Waals surface area contributed by atoms with E-state index in [0.717, 1.165) is 58.3 Å². The maximum Gasteiger partial charge on any atom is 0.495 e. The zero-order chi connectivity index (χ0) is 31.3. The van der Waals surface area contributed by atoms with Gasteiger partial charge in [0.25, 0.3) is 0 Å². The Morgan fingerprint density at radius 2 is 0.500 bits per heavy atom. The number of hydrogen-bond donors (Lipinski definition) is 0. The van der Waals surface area contributed by atoms with Crippen molar-refractivity contribution in [3.63, 3.8) is 0 Å². The van der Waals surface area contributed by atoms with Crippen LogP contribution in [-0.2, 0) is 0 Å². The van der Waals surface area contributed by atoms with Gasteiger partial charge in [-0.05, 0) is 61.4 Å². The summed E-state index contributed by atoms with van der Waals surface area (Å²) in [6, 6.07) is 62.5. The largest absolute Gasteiger partial charge is 0.509 e. The summed E-state index contributed by atoms with van der Waals surface area (Å²) in [6.07, 6.45) is 1.72. The van der Waals surface area contributed by atoms with Crippen molar-refractivity contribution in [1.82, 2.24) is 0 Å². The van der Waals surface area contributed by atoms with Crippen LogP contribution in [0, 0.1) is 0 Å². The third kappa shape index (κ3) is 7.96. The van der Waals surface area contributed by atoms with Crippen LogP contribution in [-0.4, -0.2) is 17.1 Å². The Kier molecular flexibility index (Phi) is 10.3. The molecule has 0 amide bonds. The van der Waals surface area contributed by atoms with Crippen LogP contribution in [0.5, 0.6) is 23.0 Å². The zero-order valence-corrected chi connectivity index (χ0v) is 27.8. The predicted octanol–water partition coefficient (Wildman–Crippen LogP) is 8.78. The number of benzene rings is 6. The van der Waals surface area contributed by atoms with Gasteiger partial charge in [-0.15, -0.1) is 0 Å². The molecule has 0 aliphatic heterocycles. The highest BCUT2D eigenvalue weighted by Gasteiger charge is 2.47. The fraction of sp³-hybridized carbons (Fsp3) is 0.100. The molecule has 0 unspecified atom stereocenters. The van der Waals surface area contributed by atoms with Crippen LogP contribution in [0.25, 0.3) is 0 Å². The molecule has 0 fully saturated rings. The summed E-state index contributed by atoms with van der Waals surface area (Å²) in [5.41, 5.74) is 0. The van der Waals surface area contributed by atoms with Crippen molar-refractivity contribution in [2.45, 2.75) is 24.9 Å². The van der Waals surface area contributed by atoms with Crippen molar-refractivity contribution in [3.05, 3.63) is 182 Å². The van der Waals surface area contributed by atoms with Crippen molar-refractivity contribution in [2.24, 2.45) is 0 Å². The van der Waals surface area contributed by atoms with Crippen molar-refractivity contribution in [1.29, 1.82) is 0 Å². The first-order valence-electron chi connectivity index (χ1n) is 15.8. The molecule has 46 heavy (non-hydrogen) atoms. The first-order valence-corrected chi connectivity index (χ1v) is 19.9. The van der Waals surface area contributed by atoms with Crippen molar-refractivity contribution >= 4 is 27.5 Å². The van der Waals surface area contributed by atoms with Crippen LogP contribution in [0.3, 0.4) is 0 Å². The van der Waals surface area contributed by atoms with E-state index in [1.807, 2.05) is 133 Å². The molecule has 0 saturated heterocycles. The maximum atomic E-state index is 6.97. The first kappa shape index (κ1) is 31.0. The summed E-state index contributed by atoms with van der Waals surface area (Å²) in [5.74, 6) is 3.23. The molecule has 6 rings (SSSR count). The number of unbranched alkanes of at least 4 members (excludes halogenated alkanes) is 1. The van der Waals surface area contributed by atoms with Gasteiger partial charge in [-0.1, -0.05) is 133 Å². The molecule has 230 valence electrons. The summed E-state index contributed by atoms with van der Waals surface area (Å²) < 4.78 is 27.9. The molecule has 6 aromatic rings. The molecule has 0 spiro atoms. The quantitative estimate of drug-likeness (QED) is 0.0833. The molecule has 0 saturated carbocycles. The van der Waals surface area contributed by atoms with E-state index in [0.29, 0.717) is 0 Å². The Bertz CT molecular complexity index is 1510. The average Bonchev–Trinajstić information content (AvgIpc) is 3.12. The Labute approximate surface area is 274 Å². The summed E-state index contributed by atoms with van der Waals surface area (Å²) in [5, 5.41) is 2.19. The van der Waals surface area contributed by atoms with E-state index in [4.69, 9.17) is 17.7 Å². The highest BCUT2D eigenvalue weighted by atomic mass is 28.4. The molecule has 0 N–H and O–H groups in total. The fourth-order valence-corrected chi connectivity index (χ4v) is 12.0. The Morgan fingerprint density at radius 1 is 0.283 bits per heavy atom. The molecular weight excluding hydrogens is 601 g/mol. The fourth-order valence-electron chi connectivity index (χ4n) is 5.59. The van der Waals surface area contributed by atoms with E-state index in [2.05, 4.69) is 48.5 Å². The molecule has 0 atom stereocenters. The highest BCUT2D eigenvalue weighted by Crippen LogP contribution is 2.29. The lowest BCUT2D eigenvalue weighted by Crippen LogP contribution is -2.60. The molecule has 0 aliphatic rings. The topological polar surface area (TPSA) is 36.9 Å². The van der Waals surface area contributed by atoms with E-state index in [-0.39, 0.29) is 0 Å².